The van der Waals surface area contributed by atoms with Gasteiger partial charge >= 0.3 is 11.1 Å². The number of rotatable bonds is 5. The summed E-state index contributed by atoms with van der Waals surface area (Å²) in [4.78, 5) is 41.9. The Bertz CT molecular complexity index is 1270. The van der Waals surface area contributed by atoms with Crippen LogP contribution in [0.5, 0.6) is 5.75 Å². The molecule has 0 radical (unpaired) electrons. The molecule has 0 aliphatic carbocycles. The second-order valence-electron chi connectivity index (χ2n) is 7.90. The lowest BCUT2D eigenvalue weighted by Gasteiger charge is -2.36. The van der Waals surface area contributed by atoms with Crippen LogP contribution in [0.2, 0.25) is 0 Å². The van der Waals surface area contributed by atoms with Crippen LogP contribution in [0.4, 0.5) is 10.1 Å². The number of piperazine rings is 1. The van der Waals surface area contributed by atoms with E-state index >= 15 is 0 Å². The van der Waals surface area contributed by atoms with Crippen LogP contribution < -0.4 is 20.8 Å². The smallest absolute Gasteiger partial charge is 0.320 e. The van der Waals surface area contributed by atoms with Crippen molar-refractivity contribution in [3.8, 4) is 11.4 Å². The third-order valence-corrected chi connectivity index (χ3v) is 5.86. The SMILES string of the molecule is COc1ccc(N2CCN(C(=O)Cn3ccn(-c4cc(F)ccc4C)c(=O)c3=O)CC2)cc1. The molecule has 2 heterocycles. The molecule has 2 aromatic carbocycles. The molecule has 0 saturated carbocycles. The van der Waals surface area contributed by atoms with Crippen molar-refractivity contribution in [2.24, 2.45) is 0 Å². The van der Waals surface area contributed by atoms with Gasteiger partial charge in [0, 0.05) is 44.3 Å². The van der Waals surface area contributed by atoms with Crippen molar-refractivity contribution in [1.29, 1.82) is 0 Å². The van der Waals surface area contributed by atoms with E-state index in [1.165, 1.54) is 30.6 Å². The van der Waals surface area contributed by atoms with Gasteiger partial charge in [-0.1, -0.05) is 6.07 Å². The molecule has 8 nitrogen and oxygen atoms in total. The normalized spacial score (nSPS) is 13.8. The molecule has 1 aliphatic heterocycles. The molecule has 0 bridgehead atoms. The van der Waals surface area contributed by atoms with Gasteiger partial charge in [-0.15, -0.1) is 0 Å². The van der Waals surface area contributed by atoms with E-state index < -0.39 is 16.9 Å². The topological polar surface area (TPSA) is 76.8 Å². The minimum Gasteiger partial charge on any atom is -0.497 e. The molecule has 0 spiro atoms. The Balaban J connectivity index is 1.43. The molecule has 172 valence electrons. The van der Waals surface area contributed by atoms with Gasteiger partial charge in [-0.05, 0) is 48.9 Å². The van der Waals surface area contributed by atoms with Gasteiger partial charge in [0.05, 0.1) is 12.8 Å². The molecule has 1 fully saturated rings. The minimum atomic E-state index is -0.830. The van der Waals surface area contributed by atoms with E-state index in [1.807, 2.05) is 24.3 Å². The summed E-state index contributed by atoms with van der Waals surface area (Å²) in [5.41, 5.74) is 0.344. The highest BCUT2D eigenvalue weighted by Crippen LogP contribution is 2.20. The lowest BCUT2D eigenvalue weighted by atomic mass is 10.2. The number of ether oxygens (including phenoxy) is 1. The van der Waals surface area contributed by atoms with Gasteiger partial charge in [0.1, 0.15) is 18.1 Å². The Morgan fingerprint density at radius 3 is 2.33 bits per heavy atom. The monoisotopic (exact) mass is 452 g/mol. The van der Waals surface area contributed by atoms with Gasteiger partial charge in [0.15, 0.2) is 0 Å². The van der Waals surface area contributed by atoms with Crippen LogP contribution in [0.15, 0.2) is 64.4 Å². The van der Waals surface area contributed by atoms with Crippen molar-refractivity contribution in [1.82, 2.24) is 14.0 Å². The Labute approximate surface area is 190 Å². The first-order chi connectivity index (χ1) is 15.9. The van der Waals surface area contributed by atoms with Gasteiger partial charge in [0.2, 0.25) is 5.91 Å². The van der Waals surface area contributed by atoms with Crippen molar-refractivity contribution < 1.29 is 13.9 Å². The highest BCUT2D eigenvalue weighted by molar-refractivity contribution is 5.76. The summed E-state index contributed by atoms with van der Waals surface area (Å²) in [6.07, 6.45) is 2.78. The Morgan fingerprint density at radius 1 is 0.970 bits per heavy atom. The molecule has 1 aliphatic rings. The van der Waals surface area contributed by atoms with Crippen molar-refractivity contribution in [3.05, 3.63) is 86.9 Å². The molecule has 4 rings (SSSR count). The van der Waals surface area contributed by atoms with Crippen LogP contribution in [0.1, 0.15) is 5.56 Å². The van der Waals surface area contributed by atoms with E-state index in [4.69, 9.17) is 4.74 Å². The van der Waals surface area contributed by atoms with Gasteiger partial charge in [-0.3, -0.25) is 23.5 Å². The van der Waals surface area contributed by atoms with Gasteiger partial charge in [-0.2, -0.15) is 0 Å². The number of hydrogen-bond donors (Lipinski definition) is 0. The van der Waals surface area contributed by atoms with Crippen LogP contribution >= 0.6 is 0 Å². The summed E-state index contributed by atoms with van der Waals surface area (Å²) in [6.45, 7) is 3.85. The van der Waals surface area contributed by atoms with E-state index in [9.17, 15) is 18.8 Å². The predicted molar refractivity (Wildman–Crippen MR) is 123 cm³/mol. The number of aryl methyl sites for hydroxylation is 1. The third kappa shape index (κ3) is 4.67. The fraction of sp³-hybridized carbons (Fsp3) is 0.292. The average molecular weight is 452 g/mol. The maximum atomic E-state index is 13.6. The van der Waals surface area contributed by atoms with Crippen LogP contribution in [0, 0.1) is 12.7 Å². The Hall–Kier alpha value is -3.88. The number of carbonyl (C=O) groups excluding carboxylic acids is 1. The summed E-state index contributed by atoms with van der Waals surface area (Å²) >= 11 is 0. The number of anilines is 1. The summed E-state index contributed by atoms with van der Waals surface area (Å²) in [6, 6.07) is 11.8. The first kappa shape index (κ1) is 22.3. The quantitative estimate of drug-likeness (QED) is 0.552. The number of halogens is 1. The zero-order chi connectivity index (χ0) is 23.5. The van der Waals surface area contributed by atoms with E-state index in [1.54, 1.807) is 18.9 Å². The van der Waals surface area contributed by atoms with Crippen molar-refractivity contribution >= 4 is 11.6 Å². The van der Waals surface area contributed by atoms with E-state index in [0.717, 1.165) is 20.6 Å². The van der Waals surface area contributed by atoms with Crippen LogP contribution in [0.3, 0.4) is 0 Å². The highest BCUT2D eigenvalue weighted by Gasteiger charge is 2.22. The number of hydrogen-bond acceptors (Lipinski definition) is 5. The number of aromatic nitrogens is 2. The molecule has 3 aromatic rings. The minimum absolute atomic E-state index is 0.223. The van der Waals surface area contributed by atoms with E-state index in [-0.39, 0.29) is 12.5 Å². The second-order valence-corrected chi connectivity index (χ2v) is 7.90. The Kier molecular flexibility index (Phi) is 6.30. The zero-order valence-corrected chi connectivity index (χ0v) is 18.5. The molecule has 0 unspecified atom stereocenters. The molecule has 0 N–H and O–H groups in total. The fourth-order valence-electron chi connectivity index (χ4n) is 3.92. The van der Waals surface area contributed by atoms with Crippen LogP contribution in [-0.2, 0) is 11.3 Å². The average Bonchev–Trinajstić information content (AvgIpc) is 2.84. The Morgan fingerprint density at radius 2 is 1.67 bits per heavy atom. The molecule has 1 aromatic heterocycles. The molecule has 33 heavy (non-hydrogen) atoms. The summed E-state index contributed by atoms with van der Waals surface area (Å²) in [7, 11) is 1.62. The molecule has 1 saturated heterocycles. The van der Waals surface area contributed by atoms with E-state index in [2.05, 4.69) is 4.90 Å². The lowest BCUT2D eigenvalue weighted by molar-refractivity contribution is -0.132. The number of methoxy groups -OCH3 is 1. The van der Waals surface area contributed by atoms with Crippen molar-refractivity contribution in [2.45, 2.75) is 13.5 Å². The number of carbonyl (C=O) groups is 1. The maximum Gasteiger partial charge on any atom is 0.320 e. The first-order valence-electron chi connectivity index (χ1n) is 10.6. The van der Waals surface area contributed by atoms with Gasteiger partial charge in [-0.25, -0.2) is 4.39 Å². The molecular formula is C24H25FN4O4. The molecule has 1 amide bonds. The largest absolute Gasteiger partial charge is 0.497 e. The summed E-state index contributed by atoms with van der Waals surface area (Å²) < 4.78 is 21.0. The second kappa shape index (κ2) is 9.32. The summed E-state index contributed by atoms with van der Waals surface area (Å²) in [5, 5.41) is 0. The number of nitrogens with zero attached hydrogens (tertiary/aromatic N) is 4. The standard InChI is InChI=1S/C24H25FN4O4/c1-17-3-4-18(25)15-21(17)29-14-13-28(23(31)24(29)32)16-22(30)27-11-9-26(10-12-27)19-5-7-20(33-2)8-6-19/h3-8,13-15H,9-12,16H2,1-2H3. The van der Waals surface area contributed by atoms with Crippen LogP contribution in [-0.4, -0.2) is 53.2 Å². The lowest BCUT2D eigenvalue weighted by Crippen LogP contribution is -2.51. The van der Waals surface area contributed by atoms with E-state index in [0.29, 0.717) is 37.4 Å². The van der Waals surface area contributed by atoms with Gasteiger partial charge in [0.25, 0.3) is 0 Å². The maximum absolute atomic E-state index is 13.6. The highest BCUT2D eigenvalue weighted by atomic mass is 19.1. The third-order valence-electron chi connectivity index (χ3n) is 5.86. The first-order valence-corrected chi connectivity index (χ1v) is 10.6. The molecular weight excluding hydrogens is 427 g/mol. The zero-order valence-electron chi connectivity index (χ0n) is 18.5. The number of amides is 1. The number of benzene rings is 2. The van der Waals surface area contributed by atoms with Crippen LogP contribution in [0.25, 0.3) is 5.69 Å². The molecule has 0 atom stereocenters. The summed E-state index contributed by atoms with van der Waals surface area (Å²) in [5.74, 6) is 0.0497. The van der Waals surface area contributed by atoms with Crippen molar-refractivity contribution in [3.63, 3.8) is 0 Å². The predicted octanol–water partition coefficient (Wildman–Crippen LogP) is 1.80. The van der Waals surface area contributed by atoms with Crippen molar-refractivity contribution in [2.75, 3.05) is 38.2 Å². The fourth-order valence-corrected chi connectivity index (χ4v) is 3.92. The molecule has 9 heteroatoms. The van der Waals surface area contributed by atoms with Gasteiger partial charge < -0.3 is 14.5 Å².